The lowest BCUT2D eigenvalue weighted by Gasteiger charge is -2.37. The third kappa shape index (κ3) is 2.43. The first-order chi connectivity index (χ1) is 9.50. The lowest BCUT2D eigenvalue weighted by molar-refractivity contribution is -0.143. The largest absolute Gasteiger partial charge is 0.380 e. The number of ketones is 1. The number of Topliss-reactive ketones (excluding diaryl/α,β-unsaturated/α-hetero) is 1. The monoisotopic (exact) mass is 343 g/mol. The second-order valence-electron chi connectivity index (χ2n) is 6.63. The summed E-state index contributed by atoms with van der Waals surface area (Å²) < 4.78 is 0. The van der Waals surface area contributed by atoms with Crippen LogP contribution in [0.25, 0.3) is 0 Å². The Bertz CT molecular complexity index is 427. The Balaban J connectivity index is 1.78. The number of carbonyl (C=O) groups excluding carboxylic acids is 2. The standard InChI is InChI=1S/C15H22BrNO3/c16-10-5-6-12-11(7-10)15(20,14(19)17-12)8-9-3-1-2-4-13(9)18/h9-12,20H,1-8H2,(H,17,19)/t9-,10+,11+,12-,15-/m0/s1. The molecule has 1 saturated heterocycles. The number of amides is 1. The van der Waals surface area contributed by atoms with Gasteiger partial charge < -0.3 is 10.4 Å². The van der Waals surface area contributed by atoms with Crippen LogP contribution in [-0.2, 0) is 9.59 Å². The number of fused-ring (bicyclic) bond motifs is 1. The molecular formula is C15H22BrNO3. The first-order valence-electron chi connectivity index (χ1n) is 7.71. The van der Waals surface area contributed by atoms with Crippen molar-refractivity contribution in [3.8, 4) is 0 Å². The van der Waals surface area contributed by atoms with Crippen LogP contribution in [0.1, 0.15) is 51.4 Å². The van der Waals surface area contributed by atoms with Gasteiger partial charge in [0.05, 0.1) is 0 Å². The van der Waals surface area contributed by atoms with Crippen molar-refractivity contribution in [1.29, 1.82) is 0 Å². The van der Waals surface area contributed by atoms with Crippen LogP contribution in [0.2, 0.25) is 0 Å². The molecule has 3 rings (SSSR count). The average Bonchev–Trinajstić information content (AvgIpc) is 2.65. The maximum atomic E-state index is 12.3. The minimum Gasteiger partial charge on any atom is -0.380 e. The van der Waals surface area contributed by atoms with Crippen molar-refractivity contribution in [1.82, 2.24) is 5.32 Å². The van der Waals surface area contributed by atoms with Crippen LogP contribution in [0.3, 0.4) is 0 Å². The molecule has 0 unspecified atom stereocenters. The number of nitrogens with one attached hydrogen (secondary N) is 1. The smallest absolute Gasteiger partial charge is 0.252 e. The Kier molecular flexibility index (Phi) is 3.93. The van der Waals surface area contributed by atoms with Crippen LogP contribution in [-0.4, -0.2) is 33.3 Å². The zero-order valence-corrected chi connectivity index (χ0v) is 13.2. The highest BCUT2D eigenvalue weighted by atomic mass is 79.9. The van der Waals surface area contributed by atoms with E-state index in [0.29, 0.717) is 17.7 Å². The van der Waals surface area contributed by atoms with E-state index in [2.05, 4.69) is 21.2 Å². The fraction of sp³-hybridized carbons (Fsp3) is 0.867. The topological polar surface area (TPSA) is 66.4 Å². The van der Waals surface area contributed by atoms with Crippen molar-refractivity contribution in [2.75, 3.05) is 0 Å². The highest BCUT2D eigenvalue weighted by Gasteiger charge is 2.56. The summed E-state index contributed by atoms with van der Waals surface area (Å²) in [6.45, 7) is 0. The Hall–Kier alpha value is -0.420. The number of halogens is 1. The molecule has 0 aromatic rings. The summed E-state index contributed by atoms with van der Waals surface area (Å²) in [5.41, 5.74) is -1.34. The minimum absolute atomic E-state index is 0.0529. The second-order valence-corrected chi connectivity index (χ2v) is 7.93. The summed E-state index contributed by atoms with van der Waals surface area (Å²) in [7, 11) is 0. The summed E-state index contributed by atoms with van der Waals surface area (Å²) in [5.74, 6) is -0.212. The Morgan fingerprint density at radius 3 is 2.80 bits per heavy atom. The van der Waals surface area contributed by atoms with Gasteiger partial charge in [0.15, 0.2) is 0 Å². The maximum absolute atomic E-state index is 12.3. The van der Waals surface area contributed by atoms with E-state index in [9.17, 15) is 14.7 Å². The van der Waals surface area contributed by atoms with Crippen LogP contribution in [0.15, 0.2) is 0 Å². The first-order valence-corrected chi connectivity index (χ1v) is 8.62. The normalized spacial score (nSPS) is 45.1. The molecule has 0 spiro atoms. The van der Waals surface area contributed by atoms with Crippen molar-refractivity contribution in [3.05, 3.63) is 0 Å². The molecule has 0 aromatic heterocycles. The molecule has 2 saturated carbocycles. The first kappa shape index (κ1) is 14.5. The molecule has 5 atom stereocenters. The van der Waals surface area contributed by atoms with Gasteiger partial charge in [-0.2, -0.15) is 0 Å². The lowest BCUT2D eigenvalue weighted by atomic mass is 9.71. The van der Waals surface area contributed by atoms with Gasteiger partial charge in [-0.3, -0.25) is 9.59 Å². The molecule has 5 heteroatoms. The number of rotatable bonds is 2. The predicted molar refractivity (Wildman–Crippen MR) is 78.5 cm³/mol. The molecule has 1 heterocycles. The van der Waals surface area contributed by atoms with Gasteiger partial charge in [-0.1, -0.05) is 22.4 Å². The third-order valence-corrected chi connectivity index (χ3v) is 6.18. The van der Waals surface area contributed by atoms with E-state index in [-0.39, 0.29) is 29.6 Å². The molecule has 3 aliphatic rings. The van der Waals surface area contributed by atoms with Crippen molar-refractivity contribution >= 4 is 27.6 Å². The highest BCUT2D eigenvalue weighted by molar-refractivity contribution is 9.09. The molecule has 4 nitrogen and oxygen atoms in total. The van der Waals surface area contributed by atoms with Crippen LogP contribution >= 0.6 is 15.9 Å². The van der Waals surface area contributed by atoms with Crippen LogP contribution < -0.4 is 5.32 Å². The van der Waals surface area contributed by atoms with Crippen LogP contribution in [0, 0.1) is 11.8 Å². The molecule has 2 aliphatic carbocycles. The van der Waals surface area contributed by atoms with Gasteiger partial charge in [0.2, 0.25) is 0 Å². The Labute approximate surface area is 127 Å². The third-order valence-electron chi connectivity index (χ3n) is 5.35. The van der Waals surface area contributed by atoms with Crippen molar-refractivity contribution in [2.45, 2.75) is 67.8 Å². The molecule has 1 amide bonds. The SMILES string of the molecule is O=C1CCCC[C@H]1C[C@@]1(O)C(=O)N[C@H]2CC[C@@H](Br)C[C@H]21. The molecular weight excluding hydrogens is 322 g/mol. The van der Waals surface area contributed by atoms with E-state index in [4.69, 9.17) is 0 Å². The quantitative estimate of drug-likeness (QED) is 0.753. The van der Waals surface area contributed by atoms with Gasteiger partial charge in [0, 0.05) is 29.1 Å². The Morgan fingerprint density at radius 2 is 2.05 bits per heavy atom. The number of hydrogen-bond acceptors (Lipinski definition) is 3. The molecule has 0 bridgehead atoms. The lowest BCUT2D eigenvalue weighted by Crippen LogP contribution is -2.47. The minimum atomic E-state index is -1.34. The molecule has 1 aliphatic heterocycles. The van der Waals surface area contributed by atoms with Gasteiger partial charge in [-0.15, -0.1) is 0 Å². The van der Waals surface area contributed by atoms with E-state index in [1.54, 1.807) is 0 Å². The zero-order valence-electron chi connectivity index (χ0n) is 11.6. The number of carbonyl (C=O) groups is 2. The molecule has 20 heavy (non-hydrogen) atoms. The summed E-state index contributed by atoms with van der Waals surface area (Å²) in [5, 5.41) is 13.9. The summed E-state index contributed by atoms with van der Waals surface area (Å²) >= 11 is 3.62. The van der Waals surface area contributed by atoms with Gasteiger partial charge >= 0.3 is 0 Å². The van der Waals surface area contributed by atoms with Crippen LogP contribution in [0.4, 0.5) is 0 Å². The van der Waals surface area contributed by atoms with Gasteiger partial charge in [0.25, 0.3) is 5.91 Å². The fourth-order valence-electron chi connectivity index (χ4n) is 4.17. The predicted octanol–water partition coefficient (Wildman–Crippen LogP) is 1.93. The van der Waals surface area contributed by atoms with E-state index in [1.165, 1.54) is 0 Å². The highest BCUT2D eigenvalue weighted by Crippen LogP contribution is 2.44. The number of aliphatic hydroxyl groups is 1. The van der Waals surface area contributed by atoms with Gasteiger partial charge in [0.1, 0.15) is 11.4 Å². The van der Waals surface area contributed by atoms with Crippen LogP contribution in [0.5, 0.6) is 0 Å². The van der Waals surface area contributed by atoms with E-state index in [0.717, 1.165) is 38.5 Å². The van der Waals surface area contributed by atoms with Gasteiger partial charge in [-0.05, 0) is 38.5 Å². The fourth-order valence-corrected chi connectivity index (χ4v) is 4.84. The van der Waals surface area contributed by atoms with E-state index < -0.39 is 5.60 Å². The summed E-state index contributed by atoms with van der Waals surface area (Å²) in [6.07, 6.45) is 6.48. The van der Waals surface area contributed by atoms with Crippen molar-refractivity contribution < 1.29 is 14.7 Å². The molecule has 0 radical (unpaired) electrons. The maximum Gasteiger partial charge on any atom is 0.252 e. The summed E-state index contributed by atoms with van der Waals surface area (Å²) in [4.78, 5) is 24.6. The number of hydrogen-bond donors (Lipinski definition) is 2. The van der Waals surface area contributed by atoms with Crippen molar-refractivity contribution in [3.63, 3.8) is 0 Å². The zero-order chi connectivity index (χ0) is 14.3. The Morgan fingerprint density at radius 1 is 1.25 bits per heavy atom. The van der Waals surface area contributed by atoms with E-state index in [1.807, 2.05) is 0 Å². The molecule has 0 aromatic carbocycles. The average molecular weight is 344 g/mol. The van der Waals surface area contributed by atoms with E-state index >= 15 is 0 Å². The molecule has 112 valence electrons. The second kappa shape index (κ2) is 5.41. The van der Waals surface area contributed by atoms with Crippen molar-refractivity contribution in [2.24, 2.45) is 11.8 Å². The summed E-state index contributed by atoms with van der Waals surface area (Å²) in [6, 6.07) is 0.0833. The number of alkyl halides is 1. The molecule has 2 N–H and O–H groups in total. The van der Waals surface area contributed by atoms with Gasteiger partial charge in [-0.25, -0.2) is 0 Å². The molecule has 3 fully saturated rings.